The largest absolute Gasteiger partial charge is 0.462 e. The summed E-state index contributed by atoms with van der Waals surface area (Å²) in [4.78, 5) is 37.6. The van der Waals surface area contributed by atoms with Gasteiger partial charge < -0.3 is 14.2 Å². The quantitative estimate of drug-likeness (QED) is 0.0203. The predicted molar refractivity (Wildman–Crippen MR) is 237 cm³/mol. The number of unbranched alkanes of at least 4 members (excludes halogenated alkanes) is 18. The minimum absolute atomic E-state index is 0.116. The summed E-state index contributed by atoms with van der Waals surface area (Å²) in [5.41, 5.74) is 0. The summed E-state index contributed by atoms with van der Waals surface area (Å²) in [6.45, 7) is 6.33. The van der Waals surface area contributed by atoms with Crippen LogP contribution < -0.4 is 0 Å². The van der Waals surface area contributed by atoms with Crippen LogP contribution in [0.4, 0.5) is 0 Å². The normalized spacial score (nSPS) is 12.8. The lowest BCUT2D eigenvalue weighted by Gasteiger charge is -2.18. The second kappa shape index (κ2) is 44.3. The molecule has 0 bridgehead atoms. The molecule has 1 atom stereocenters. The highest BCUT2D eigenvalue weighted by Crippen LogP contribution is 2.13. The zero-order valence-electron chi connectivity index (χ0n) is 36.1. The number of carbonyl (C=O) groups excluding carboxylic acids is 3. The smallest absolute Gasteiger partial charge is 0.309 e. The topological polar surface area (TPSA) is 78.9 Å². The van der Waals surface area contributed by atoms with E-state index in [2.05, 4.69) is 93.7 Å². The SMILES string of the molecule is CC/C=C\C/C=C\C/C=C\CC(=O)OCC(COC(=O)CCCCCCC\C=C/C=C\C=C/C=C\CCCCC)OC(=O)CCCCCCCCCCCCC. The number of esters is 3. The molecule has 6 heteroatoms. The summed E-state index contributed by atoms with van der Waals surface area (Å²) in [6.07, 6.45) is 55.9. The van der Waals surface area contributed by atoms with E-state index in [0.29, 0.717) is 12.8 Å². The van der Waals surface area contributed by atoms with Crippen LogP contribution in [0.5, 0.6) is 0 Å². The van der Waals surface area contributed by atoms with Crippen molar-refractivity contribution in [2.45, 2.75) is 200 Å². The van der Waals surface area contributed by atoms with Crippen LogP contribution in [0, 0.1) is 0 Å². The zero-order valence-corrected chi connectivity index (χ0v) is 36.1. The average Bonchev–Trinajstić information content (AvgIpc) is 3.19. The second-order valence-corrected chi connectivity index (χ2v) is 14.7. The van der Waals surface area contributed by atoms with Gasteiger partial charge in [-0.1, -0.05) is 202 Å². The first kappa shape index (κ1) is 52.6. The van der Waals surface area contributed by atoms with E-state index in [1.807, 2.05) is 6.08 Å². The van der Waals surface area contributed by atoms with E-state index in [1.54, 1.807) is 6.08 Å². The molecule has 0 aliphatic carbocycles. The molecule has 0 heterocycles. The van der Waals surface area contributed by atoms with Crippen molar-refractivity contribution in [3.63, 3.8) is 0 Å². The molecular formula is C50H82O6. The van der Waals surface area contributed by atoms with Crippen LogP contribution in [0.3, 0.4) is 0 Å². The summed E-state index contributed by atoms with van der Waals surface area (Å²) in [7, 11) is 0. The van der Waals surface area contributed by atoms with Crippen molar-refractivity contribution in [3.8, 4) is 0 Å². The molecule has 0 aromatic heterocycles. The first-order valence-electron chi connectivity index (χ1n) is 22.6. The number of allylic oxidation sites excluding steroid dienone is 13. The first-order valence-corrected chi connectivity index (χ1v) is 22.6. The highest BCUT2D eigenvalue weighted by molar-refractivity contribution is 5.72. The van der Waals surface area contributed by atoms with Gasteiger partial charge in [-0.25, -0.2) is 0 Å². The lowest BCUT2D eigenvalue weighted by atomic mass is 10.1. The van der Waals surface area contributed by atoms with Crippen LogP contribution in [-0.2, 0) is 28.6 Å². The minimum atomic E-state index is -0.817. The fourth-order valence-corrected chi connectivity index (χ4v) is 5.87. The van der Waals surface area contributed by atoms with E-state index in [0.717, 1.165) is 83.5 Å². The molecule has 1 unspecified atom stereocenters. The summed E-state index contributed by atoms with van der Waals surface area (Å²) in [5.74, 6) is -1.07. The Bertz CT molecular complexity index is 1120. The molecule has 0 rings (SSSR count). The number of hydrogen-bond donors (Lipinski definition) is 0. The average molecular weight is 779 g/mol. The second-order valence-electron chi connectivity index (χ2n) is 14.7. The van der Waals surface area contributed by atoms with Crippen molar-refractivity contribution >= 4 is 17.9 Å². The van der Waals surface area contributed by atoms with Crippen LogP contribution in [0.15, 0.2) is 85.1 Å². The van der Waals surface area contributed by atoms with Gasteiger partial charge in [0.25, 0.3) is 0 Å². The van der Waals surface area contributed by atoms with Crippen LogP contribution in [-0.4, -0.2) is 37.2 Å². The van der Waals surface area contributed by atoms with Gasteiger partial charge in [-0.3, -0.25) is 14.4 Å². The lowest BCUT2D eigenvalue weighted by Crippen LogP contribution is -2.30. The molecular weight excluding hydrogens is 697 g/mol. The highest BCUT2D eigenvalue weighted by Gasteiger charge is 2.19. The number of hydrogen-bond acceptors (Lipinski definition) is 6. The van der Waals surface area contributed by atoms with Gasteiger partial charge in [0, 0.05) is 12.8 Å². The van der Waals surface area contributed by atoms with Gasteiger partial charge in [0.1, 0.15) is 13.2 Å². The summed E-state index contributed by atoms with van der Waals surface area (Å²) >= 11 is 0. The molecule has 318 valence electrons. The lowest BCUT2D eigenvalue weighted by molar-refractivity contribution is -0.166. The molecule has 0 saturated heterocycles. The maximum atomic E-state index is 12.7. The van der Waals surface area contributed by atoms with E-state index in [1.165, 1.54) is 70.6 Å². The molecule has 0 N–H and O–H groups in total. The molecule has 0 aliphatic rings. The maximum Gasteiger partial charge on any atom is 0.309 e. The van der Waals surface area contributed by atoms with Crippen LogP contribution >= 0.6 is 0 Å². The van der Waals surface area contributed by atoms with Crippen LogP contribution in [0.25, 0.3) is 0 Å². The van der Waals surface area contributed by atoms with E-state index >= 15 is 0 Å². The molecule has 0 aromatic rings. The molecule has 6 nitrogen and oxygen atoms in total. The third kappa shape index (κ3) is 41.7. The van der Waals surface area contributed by atoms with Crippen molar-refractivity contribution in [3.05, 3.63) is 85.1 Å². The van der Waals surface area contributed by atoms with Crippen molar-refractivity contribution in [1.82, 2.24) is 0 Å². The fraction of sp³-hybridized carbons (Fsp3) is 0.660. The molecule has 0 spiro atoms. The van der Waals surface area contributed by atoms with Gasteiger partial charge in [0.05, 0.1) is 6.42 Å². The van der Waals surface area contributed by atoms with Gasteiger partial charge in [0.15, 0.2) is 6.10 Å². The molecule has 0 amide bonds. The Morgan fingerprint density at radius 1 is 0.411 bits per heavy atom. The van der Waals surface area contributed by atoms with E-state index in [4.69, 9.17) is 14.2 Å². The predicted octanol–water partition coefficient (Wildman–Crippen LogP) is 14.5. The van der Waals surface area contributed by atoms with Crippen molar-refractivity contribution in [2.24, 2.45) is 0 Å². The van der Waals surface area contributed by atoms with E-state index < -0.39 is 12.1 Å². The highest BCUT2D eigenvalue weighted by atomic mass is 16.6. The van der Waals surface area contributed by atoms with Crippen molar-refractivity contribution < 1.29 is 28.6 Å². The number of carbonyl (C=O) groups is 3. The number of rotatable bonds is 39. The van der Waals surface area contributed by atoms with E-state index in [9.17, 15) is 14.4 Å². The Labute approximate surface area is 344 Å². The Morgan fingerprint density at radius 2 is 0.821 bits per heavy atom. The standard InChI is InChI=1S/C50H82O6/c1-4-7-10-13-16-19-21-22-23-24-25-26-27-29-31-34-37-40-43-49(52)55-46-47(45-54-48(51)42-39-36-33-30-18-15-12-9-6-3)56-50(53)44-41-38-35-32-28-20-17-14-11-8-5-2/h9,12,16,18-19,21-26,30,36,39,47H,4-8,10-11,13-15,17,20,27-29,31-35,37-38,40-46H2,1-3H3/b12-9-,19-16-,22-21-,24-23-,26-25-,30-18-,39-36-. The van der Waals surface area contributed by atoms with Crippen molar-refractivity contribution in [1.29, 1.82) is 0 Å². The molecule has 0 radical (unpaired) electrons. The molecule has 56 heavy (non-hydrogen) atoms. The Morgan fingerprint density at radius 3 is 1.38 bits per heavy atom. The van der Waals surface area contributed by atoms with Gasteiger partial charge in [-0.05, 0) is 57.8 Å². The van der Waals surface area contributed by atoms with Crippen LogP contribution in [0.1, 0.15) is 194 Å². The van der Waals surface area contributed by atoms with E-state index in [-0.39, 0.29) is 31.6 Å². The maximum absolute atomic E-state index is 12.7. The Balaban J connectivity index is 4.45. The third-order valence-corrected chi connectivity index (χ3v) is 9.26. The first-order chi connectivity index (χ1) is 27.5. The van der Waals surface area contributed by atoms with Crippen molar-refractivity contribution in [2.75, 3.05) is 13.2 Å². The third-order valence-electron chi connectivity index (χ3n) is 9.26. The van der Waals surface area contributed by atoms with Gasteiger partial charge >= 0.3 is 17.9 Å². The molecule has 0 fully saturated rings. The summed E-state index contributed by atoms with van der Waals surface area (Å²) in [5, 5.41) is 0. The minimum Gasteiger partial charge on any atom is -0.462 e. The van der Waals surface area contributed by atoms with Gasteiger partial charge in [-0.2, -0.15) is 0 Å². The summed E-state index contributed by atoms with van der Waals surface area (Å²) in [6, 6.07) is 0. The van der Waals surface area contributed by atoms with Gasteiger partial charge in [-0.15, -0.1) is 0 Å². The van der Waals surface area contributed by atoms with Crippen LogP contribution in [0.2, 0.25) is 0 Å². The fourth-order valence-electron chi connectivity index (χ4n) is 5.87. The molecule has 0 aliphatic heterocycles. The van der Waals surface area contributed by atoms with Gasteiger partial charge in [0.2, 0.25) is 0 Å². The molecule has 0 saturated carbocycles. The Hall–Kier alpha value is -3.41. The zero-order chi connectivity index (χ0) is 40.8. The molecule has 0 aromatic carbocycles. The summed E-state index contributed by atoms with van der Waals surface area (Å²) < 4.78 is 16.5. The monoisotopic (exact) mass is 779 g/mol. The number of ether oxygens (including phenoxy) is 3. The Kier molecular flexibility index (Phi) is 41.6.